The Kier molecular flexibility index (Phi) is 6.12. The Labute approximate surface area is 149 Å². The van der Waals surface area contributed by atoms with Crippen LogP contribution in [0, 0.1) is 0 Å². The van der Waals surface area contributed by atoms with Gasteiger partial charge in [-0.3, -0.25) is 9.69 Å². The minimum atomic E-state index is 0.0156. The first-order chi connectivity index (χ1) is 12.3. The summed E-state index contributed by atoms with van der Waals surface area (Å²) in [5.41, 5.74) is 0.948. The first-order valence-corrected chi connectivity index (χ1v) is 8.93. The van der Waals surface area contributed by atoms with Crippen LogP contribution in [0.1, 0.15) is 36.6 Å². The van der Waals surface area contributed by atoms with E-state index in [1.54, 1.807) is 13.4 Å². The van der Waals surface area contributed by atoms with Gasteiger partial charge in [0.25, 0.3) is 0 Å². The monoisotopic (exact) mass is 342 g/mol. The minimum absolute atomic E-state index is 0.0156. The second kappa shape index (κ2) is 8.72. The second-order valence-corrected chi connectivity index (χ2v) is 6.46. The number of likely N-dealkylation sites (tertiary alicyclic amines) is 1. The van der Waals surface area contributed by atoms with Crippen molar-refractivity contribution in [2.45, 2.75) is 31.7 Å². The maximum absolute atomic E-state index is 12.4. The zero-order chi connectivity index (χ0) is 17.5. The van der Waals surface area contributed by atoms with Gasteiger partial charge in [-0.25, -0.2) is 0 Å². The van der Waals surface area contributed by atoms with E-state index in [2.05, 4.69) is 10.2 Å². The summed E-state index contributed by atoms with van der Waals surface area (Å²) in [6, 6.07) is 11.6. The lowest BCUT2D eigenvalue weighted by molar-refractivity contribution is -0.120. The van der Waals surface area contributed by atoms with Crippen molar-refractivity contribution in [3.8, 4) is 5.75 Å². The summed E-state index contributed by atoms with van der Waals surface area (Å²) in [6.45, 7) is 2.67. The van der Waals surface area contributed by atoms with Crippen LogP contribution in [0.25, 0.3) is 0 Å². The van der Waals surface area contributed by atoms with Crippen molar-refractivity contribution in [3.63, 3.8) is 0 Å². The minimum Gasteiger partial charge on any atom is -0.497 e. The molecule has 1 aliphatic rings. The third-order valence-corrected chi connectivity index (χ3v) is 4.69. The van der Waals surface area contributed by atoms with E-state index in [0.717, 1.165) is 30.2 Å². The molecule has 0 unspecified atom stereocenters. The fourth-order valence-corrected chi connectivity index (χ4v) is 3.36. The molecule has 0 aliphatic carbocycles. The Morgan fingerprint density at radius 1 is 1.24 bits per heavy atom. The maximum Gasteiger partial charge on any atom is 0.224 e. The number of piperidine rings is 1. The Bertz CT molecular complexity index is 663. The lowest BCUT2D eigenvalue weighted by Gasteiger charge is -2.33. The first-order valence-electron chi connectivity index (χ1n) is 8.93. The number of carbonyl (C=O) groups is 1. The van der Waals surface area contributed by atoms with Gasteiger partial charge in [-0.05, 0) is 55.8 Å². The Balaban J connectivity index is 1.59. The molecular weight excluding hydrogens is 316 g/mol. The molecule has 1 aliphatic heterocycles. The molecule has 5 nitrogen and oxygen atoms in total. The molecule has 1 atom stereocenters. The van der Waals surface area contributed by atoms with Crippen LogP contribution in [0.15, 0.2) is 47.1 Å². The van der Waals surface area contributed by atoms with Crippen LogP contribution in [0.3, 0.4) is 0 Å². The van der Waals surface area contributed by atoms with E-state index in [-0.39, 0.29) is 11.9 Å². The molecule has 1 saturated heterocycles. The highest BCUT2D eigenvalue weighted by atomic mass is 16.5. The molecule has 1 amide bonds. The van der Waals surface area contributed by atoms with E-state index < -0.39 is 0 Å². The molecule has 2 aromatic rings. The number of nitrogens with one attached hydrogen (secondary N) is 1. The van der Waals surface area contributed by atoms with E-state index >= 15 is 0 Å². The number of carbonyl (C=O) groups excluding carboxylic acids is 1. The molecule has 0 saturated carbocycles. The molecule has 0 spiro atoms. The number of hydrogen-bond acceptors (Lipinski definition) is 4. The number of amides is 1. The number of nitrogens with zero attached hydrogens (tertiary/aromatic N) is 1. The van der Waals surface area contributed by atoms with Gasteiger partial charge in [0.2, 0.25) is 5.91 Å². The van der Waals surface area contributed by atoms with Crippen molar-refractivity contribution in [2.24, 2.45) is 0 Å². The molecule has 1 N–H and O–H groups in total. The number of hydrogen-bond donors (Lipinski definition) is 1. The average molecular weight is 342 g/mol. The summed E-state index contributed by atoms with van der Waals surface area (Å²) in [5, 5.41) is 3.07. The van der Waals surface area contributed by atoms with Crippen molar-refractivity contribution in [3.05, 3.63) is 54.0 Å². The van der Waals surface area contributed by atoms with Gasteiger partial charge in [-0.1, -0.05) is 18.6 Å². The SMILES string of the molecule is COc1cccc(CC(=O)NC[C@@H](c2ccco2)N2CCCCC2)c1. The second-order valence-electron chi connectivity index (χ2n) is 6.46. The highest BCUT2D eigenvalue weighted by Gasteiger charge is 2.24. The summed E-state index contributed by atoms with van der Waals surface area (Å²) in [6.07, 6.45) is 5.74. The molecule has 2 heterocycles. The lowest BCUT2D eigenvalue weighted by atomic mass is 10.1. The third kappa shape index (κ3) is 4.86. The number of methoxy groups -OCH3 is 1. The molecular formula is C20H26N2O3. The average Bonchev–Trinajstić information content (AvgIpc) is 3.17. The highest BCUT2D eigenvalue weighted by Crippen LogP contribution is 2.24. The van der Waals surface area contributed by atoms with Crippen molar-refractivity contribution in [1.82, 2.24) is 10.2 Å². The normalized spacial score (nSPS) is 16.4. The van der Waals surface area contributed by atoms with Crippen molar-refractivity contribution in [2.75, 3.05) is 26.7 Å². The molecule has 5 heteroatoms. The lowest BCUT2D eigenvalue weighted by Crippen LogP contribution is -2.40. The van der Waals surface area contributed by atoms with E-state index in [1.807, 2.05) is 36.4 Å². The van der Waals surface area contributed by atoms with Crippen LogP contribution >= 0.6 is 0 Å². The molecule has 0 bridgehead atoms. The molecule has 25 heavy (non-hydrogen) atoms. The van der Waals surface area contributed by atoms with Gasteiger partial charge >= 0.3 is 0 Å². The quantitative estimate of drug-likeness (QED) is 0.840. The number of ether oxygens (including phenoxy) is 1. The van der Waals surface area contributed by atoms with Gasteiger partial charge in [0.15, 0.2) is 0 Å². The van der Waals surface area contributed by atoms with Crippen LogP contribution in [-0.2, 0) is 11.2 Å². The Morgan fingerprint density at radius 2 is 2.08 bits per heavy atom. The largest absolute Gasteiger partial charge is 0.497 e. The first kappa shape index (κ1) is 17.5. The van der Waals surface area contributed by atoms with E-state index in [1.165, 1.54) is 19.3 Å². The van der Waals surface area contributed by atoms with Gasteiger partial charge in [0.1, 0.15) is 11.5 Å². The molecule has 0 radical (unpaired) electrons. The van der Waals surface area contributed by atoms with Gasteiger partial charge in [0, 0.05) is 6.54 Å². The van der Waals surface area contributed by atoms with Gasteiger partial charge in [-0.2, -0.15) is 0 Å². The smallest absolute Gasteiger partial charge is 0.224 e. The Hall–Kier alpha value is -2.27. The summed E-state index contributed by atoms with van der Waals surface area (Å²) in [4.78, 5) is 14.8. The van der Waals surface area contributed by atoms with Crippen LogP contribution < -0.4 is 10.1 Å². The zero-order valence-corrected chi connectivity index (χ0v) is 14.7. The zero-order valence-electron chi connectivity index (χ0n) is 14.7. The van der Waals surface area contributed by atoms with Crippen LogP contribution in [0.2, 0.25) is 0 Å². The standard InChI is InChI=1S/C20H26N2O3/c1-24-17-8-5-7-16(13-17)14-20(23)21-15-18(19-9-6-12-25-19)22-10-3-2-4-11-22/h5-9,12-13,18H,2-4,10-11,14-15H2,1H3,(H,21,23)/t18-/m0/s1. The predicted molar refractivity (Wildman–Crippen MR) is 96.6 cm³/mol. The number of benzene rings is 1. The van der Waals surface area contributed by atoms with Crippen LogP contribution in [0.5, 0.6) is 5.75 Å². The van der Waals surface area contributed by atoms with E-state index in [9.17, 15) is 4.79 Å². The fourth-order valence-electron chi connectivity index (χ4n) is 3.36. The maximum atomic E-state index is 12.4. The van der Waals surface area contributed by atoms with Crippen LogP contribution in [0.4, 0.5) is 0 Å². The molecule has 134 valence electrons. The number of furan rings is 1. The number of rotatable bonds is 7. The molecule has 3 rings (SSSR count). The fraction of sp³-hybridized carbons (Fsp3) is 0.450. The topological polar surface area (TPSA) is 54.7 Å². The summed E-state index contributed by atoms with van der Waals surface area (Å²) in [7, 11) is 1.63. The summed E-state index contributed by atoms with van der Waals surface area (Å²) < 4.78 is 10.8. The van der Waals surface area contributed by atoms with Crippen molar-refractivity contribution >= 4 is 5.91 Å². The molecule has 1 fully saturated rings. The highest BCUT2D eigenvalue weighted by molar-refractivity contribution is 5.78. The predicted octanol–water partition coefficient (Wildman–Crippen LogP) is 3.17. The Morgan fingerprint density at radius 3 is 2.80 bits per heavy atom. The van der Waals surface area contributed by atoms with E-state index in [4.69, 9.17) is 9.15 Å². The molecule has 1 aromatic heterocycles. The van der Waals surface area contributed by atoms with Gasteiger partial charge in [0.05, 0.1) is 25.8 Å². The van der Waals surface area contributed by atoms with Gasteiger partial charge < -0.3 is 14.5 Å². The van der Waals surface area contributed by atoms with E-state index in [0.29, 0.717) is 13.0 Å². The van der Waals surface area contributed by atoms with Crippen molar-refractivity contribution in [1.29, 1.82) is 0 Å². The van der Waals surface area contributed by atoms with Crippen LogP contribution in [-0.4, -0.2) is 37.6 Å². The van der Waals surface area contributed by atoms with Crippen molar-refractivity contribution < 1.29 is 13.9 Å². The summed E-state index contributed by atoms with van der Waals surface area (Å²) in [5.74, 6) is 1.71. The van der Waals surface area contributed by atoms with Gasteiger partial charge in [-0.15, -0.1) is 0 Å². The third-order valence-electron chi connectivity index (χ3n) is 4.69. The summed E-state index contributed by atoms with van der Waals surface area (Å²) >= 11 is 0. The molecule has 1 aromatic carbocycles.